The number of likely N-dealkylation sites (tertiary alicyclic amines) is 1. The van der Waals surface area contributed by atoms with Crippen molar-refractivity contribution in [2.24, 2.45) is 0 Å². The highest BCUT2D eigenvalue weighted by atomic mass is 35.5. The van der Waals surface area contributed by atoms with Gasteiger partial charge in [0.2, 0.25) is 0 Å². The molecular formula is C13H17ClN2O3. The third-order valence-electron chi connectivity index (χ3n) is 3.28. The lowest BCUT2D eigenvalue weighted by Crippen LogP contribution is -2.38. The number of rotatable bonds is 4. The number of carbonyl (C=O) groups excluding carboxylic acids is 1. The Morgan fingerprint density at radius 2 is 2.32 bits per heavy atom. The maximum absolute atomic E-state index is 12.4. The van der Waals surface area contributed by atoms with Crippen molar-refractivity contribution in [2.75, 3.05) is 27.4 Å². The summed E-state index contributed by atoms with van der Waals surface area (Å²) >= 11 is 5.77. The van der Waals surface area contributed by atoms with E-state index >= 15 is 0 Å². The number of hydrogen-bond acceptors (Lipinski definition) is 4. The van der Waals surface area contributed by atoms with E-state index in [1.165, 1.54) is 6.20 Å². The van der Waals surface area contributed by atoms with Gasteiger partial charge in [-0.2, -0.15) is 0 Å². The predicted octanol–water partition coefficient (Wildman–Crippen LogP) is 1.61. The molecule has 0 unspecified atom stereocenters. The smallest absolute Gasteiger partial charge is 0.272 e. The molecule has 0 N–H and O–H groups in total. The van der Waals surface area contributed by atoms with Crippen molar-refractivity contribution in [3.05, 3.63) is 29.0 Å². The van der Waals surface area contributed by atoms with Crippen molar-refractivity contribution in [2.45, 2.75) is 18.6 Å². The van der Waals surface area contributed by atoms with Crippen LogP contribution in [0.25, 0.3) is 0 Å². The molecule has 0 spiro atoms. The zero-order valence-electron chi connectivity index (χ0n) is 11.0. The Morgan fingerprint density at radius 3 is 2.89 bits per heavy atom. The second kappa shape index (κ2) is 6.32. The van der Waals surface area contributed by atoms with Crippen LogP contribution in [0.1, 0.15) is 16.9 Å². The number of methoxy groups -OCH3 is 2. The van der Waals surface area contributed by atoms with E-state index in [0.29, 0.717) is 23.9 Å². The van der Waals surface area contributed by atoms with Crippen LogP contribution in [-0.4, -0.2) is 55.3 Å². The molecule has 0 radical (unpaired) electrons. The van der Waals surface area contributed by atoms with Gasteiger partial charge in [-0.1, -0.05) is 11.6 Å². The second-order valence-corrected chi connectivity index (χ2v) is 4.96. The van der Waals surface area contributed by atoms with Gasteiger partial charge in [0, 0.05) is 27.0 Å². The Hall–Kier alpha value is -1.17. The number of nitrogens with zero attached hydrogens (tertiary/aromatic N) is 2. The summed E-state index contributed by atoms with van der Waals surface area (Å²) in [5.74, 6) is -0.113. The van der Waals surface area contributed by atoms with E-state index in [0.717, 1.165) is 6.42 Å². The largest absolute Gasteiger partial charge is 0.383 e. The third kappa shape index (κ3) is 3.23. The zero-order valence-corrected chi connectivity index (χ0v) is 11.8. The fourth-order valence-corrected chi connectivity index (χ4v) is 2.40. The number of amides is 1. The lowest BCUT2D eigenvalue weighted by atomic mass is 10.2. The van der Waals surface area contributed by atoms with E-state index in [9.17, 15) is 4.79 Å². The molecule has 1 aliphatic rings. The van der Waals surface area contributed by atoms with Gasteiger partial charge in [-0.15, -0.1) is 0 Å². The zero-order chi connectivity index (χ0) is 13.8. The van der Waals surface area contributed by atoms with Crippen LogP contribution in [0.5, 0.6) is 0 Å². The molecule has 5 nitrogen and oxygen atoms in total. The summed E-state index contributed by atoms with van der Waals surface area (Å²) in [6.45, 7) is 1.06. The number of halogens is 1. The highest BCUT2D eigenvalue weighted by molar-refractivity contribution is 6.30. The summed E-state index contributed by atoms with van der Waals surface area (Å²) in [5.41, 5.74) is 0.391. The van der Waals surface area contributed by atoms with Gasteiger partial charge in [0.15, 0.2) is 0 Å². The first-order valence-electron chi connectivity index (χ1n) is 6.10. The standard InChI is InChI=1S/C13H17ClN2O3/c1-18-8-10-5-11(19-2)7-16(10)13(17)12-4-3-9(14)6-15-12/h3-4,6,10-11H,5,7-8H2,1-2H3/t10-,11+/m0/s1. The number of pyridine rings is 1. The summed E-state index contributed by atoms with van der Waals surface area (Å²) in [6.07, 6.45) is 2.31. The van der Waals surface area contributed by atoms with E-state index < -0.39 is 0 Å². The molecule has 2 atom stereocenters. The summed E-state index contributed by atoms with van der Waals surface area (Å²) in [4.78, 5) is 18.2. The summed E-state index contributed by atoms with van der Waals surface area (Å²) in [6, 6.07) is 3.32. The number of ether oxygens (including phenoxy) is 2. The predicted molar refractivity (Wildman–Crippen MR) is 71.4 cm³/mol. The quantitative estimate of drug-likeness (QED) is 0.843. The van der Waals surface area contributed by atoms with Crippen LogP contribution < -0.4 is 0 Å². The van der Waals surface area contributed by atoms with E-state index in [-0.39, 0.29) is 18.1 Å². The van der Waals surface area contributed by atoms with Gasteiger partial charge >= 0.3 is 0 Å². The van der Waals surface area contributed by atoms with Gasteiger partial charge in [0.1, 0.15) is 5.69 Å². The van der Waals surface area contributed by atoms with Gasteiger partial charge in [-0.05, 0) is 18.6 Å². The molecule has 0 bridgehead atoms. The first-order valence-corrected chi connectivity index (χ1v) is 6.47. The van der Waals surface area contributed by atoms with Crippen LogP contribution in [0, 0.1) is 0 Å². The minimum absolute atomic E-state index is 0.0277. The highest BCUT2D eigenvalue weighted by Crippen LogP contribution is 2.22. The summed E-state index contributed by atoms with van der Waals surface area (Å²) in [5, 5.41) is 0.515. The Morgan fingerprint density at radius 1 is 1.53 bits per heavy atom. The third-order valence-corrected chi connectivity index (χ3v) is 3.50. The van der Waals surface area contributed by atoms with E-state index in [4.69, 9.17) is 21.1 Å². The first kappa shape index (κ1) is 14.2. The van der Waals surface area contributed by atoms with E-state index in [1.807, 2.05) is 0 Å². The fourth-order valence-electron chi connectivity index (χ4n) is 2.29. The van der Waals surface area contributed by atoms with Crippen LogP contribution in [-0.2, 0) is 9.47 Å². The fraction of sp³-hybridized carbons (Fsp3) is 0.538. The lowest BCUT2D eigenvalue weighted by Gasteiger charge is -2.23. The second-order valence-electron chi connectivity index (χ2n) is 4.52. The molecule has 104 valence electrons. The van der Waals surface area contributed by atoms with E-state index in [1.54, 1.807) is 31.3 Å². The average Bonchev–Trinajstić information content (AvgIpc) is 2.82. The monoisotopic (exact) mass is 284 g/mol. The van der Waals surface area contributed by atoms with Crippen LogP contribution in [0.2, 0.25) is 5.02 Å². The number of carbonyl (C=O) groups is 1. The molecule has 19 heavy (non-hydrogen) atoms. The maximum Gasteiger partial charge on any atom is 0.272 e. The van der Waals surface area contributed by atoms with Crippen molar-refractivity contribution >= 4 is 17.5 Å². The van der Waals surface area contributed by atoms with Gasteiger partial charge in [-0.3, -0.25) is 4.79 Å². The van der Waals surface area contributed by atoms with Gasteiger partial charge < -0.3 is 14.4 Å². The van der Waals surface area contributed by atoms with Crippen LogP contribution in [0.15, 0.2) is 18.3 Å². The van der Waals surface area contributed by atoms with Crippen LogP contribution >= 0.6 is 11.6 Å². The molecule has 1 saturated heterocycles. The SMILES string of the molecule is COC[C@@H]1C[C@@H](OC)CN1C(=O)c1ccc(Cl)cn1. The minimum atomic E-state index is -0.113. The molecule has 2 rings (SSSR count). The van der Waals surface area contributed by atoms with Gasteiger partial charge in [0.05, 0.1) is 23.8 Å². The Kier molecular flexibility index (Phi) is 4.74. The van der Waals surface area contributed by atoms with Gasteiger partial charge in [0.25, 0.3) is 5.91 Å². The summed E-state index contributed by atoms with van der Waals surface area (Å²) in [7, 11) is 3.28. The Labute approximate surface area is 117 Å². The Bertz CT molecular complexity index is 438. The average molecular weight is 285 g/mol. The topological polar surface area (TPSA) is 51.7 Å². The molecule has 1 aliphatic heterocycles. The number of hydrogen-bond donors (Lipinski definition) is 0. The van der Waals surface area contributed by atoms with Crippen molar-refractivity contribution in [3.8, 4) is 0 Å². The minimum Gasteiger partial charge on any atom is -0.383 e. The molecular weight excluding hydrogens is 268 g/mol. The van der Waals surface area contributed by atoms with Crippen LogP contribution in [0.3, 0.4) is 0 Å². The van der Waals surface area contributed by atoms with Crippen molar-refractivity contribution in [1.82, 2.24) is 9.88 Å². The molecule has 0 aromatic carbocycles. The van der Waals surface area contributed by atoms with Crippen molar-refractivity contribution < 1.29 is 14.3 Å². The molecule has 1 amide bonds. The highest BCUT2D eigenvalue weighted by Gasteiger charge is 2.36. The van der Waals surface area contributed by atoms with Crippen molar-refractivity contribution in [1.29, 1.82) is 0 Å². The molecule has 0 saturated carbocycles. The first-order chi connectivity index (χ1) is 9.15. The number of aromatic nitrogens is 1. The molecule has 0 aliphatic carbocycles. The molecule has 1 aromatic rings. The lowest BCUT2D eigenvalue weighted by molar-refractivity contribution is 0.0606. The maximum atomic E-state index is 12.4. The molecule has 6 heteroatoms. The molecule has 2 heterocycles. The van der Waals surface area contributed by atoms with Gasteiger partial charge in [-0.25, -0.2) is 4.98 Å². The van der Waals surface area contributed by atoms with Crippen molar-refractivity contribution in [3.63, 3.8) is 0 Å². The molecule has 1 fully saturated rings. The normalized spacial score (nSPS) is 22.8. The Balaban J connectivity index is 2.14. The van der Waals surface area contributed by atoms with E-state index in [2.05, 4.69) is 4.98 Å². The van der Waals surface area contributed by atoms with Crippen LogP contribution in [0.4, 0.5) is 0 Å². The summed E-state index contributed by atoms with van der Waals surface area (Å²) < 4.78 is 10.5. The molecule has 1 aromatic heterocycles.